The lowest BCUT2D eigenvalue weighted by atomic mass is 9.83. The van der Waals surface area contributed by atoms with Crippen molar-refractivity contribution in [1.29, 1.82) is 0 Å². The van der Waals surface area contributed by atoms with Gasteiger partial charge in [0, 0.05) is 69.4 Å². The molecule has 2 fully saturated rings. The van der Waals surface area contributed by atoms with Gasteiger partial charge in [-0.25, -0.2) is 15.0 Å². The highest BCUT2D eigenvalue weighted by molar-refractivity contribution is 9.10. The zero-order valence-corrected chi connectivity index (χ0v) is 34.7. The fourth-order valence-electron chi connectivity index (χ4n) is 8.19. The number of ether oxygens (including phenoxy) is 2. The number of benzene rings is 1. The van der Waals surface area contributed by atoms with Crippen molar-refractivity contribution in [3.8, 4) is 0 Å². The first-order valence-corrected chi connectivity index (χ1v) is 20.5. The number of furan rings is 2. The van der Waals surface area contributed by atoms with Crippen molar-refractivity contribution < 1.29 is 18.3 Å². The van der Waals surface area contributed by atoms with Crippen molar-refractivity contribution in [2.24, 2.45) is 33.7 Å². The third-order valence-corrected chi connectivity index (χ3v) is 11.6. The maximum Gasteiger partial charge on any atom is 0.227 e. The summed E-state index contributed by atoms with van der Waals surface area (Å²) < 4.78 is 23.9. The van der Waals surface area contributed by atoms with Crippen LogP contribution in [0.4, 0.5) is 0 Å². The van der Waals surface area contributed by atoms with E-state index in [1.165, 1.54) is 16.7 Å². The monoisotopic (exact) mass is 869 g/mol. The molecule has 0 radical (unpaired) electrons. The number of aryl methyl sites for hydroxylation is 2. The van der Waals surface area contributed by atoms with E-state index >= 15 is 0 Å². The predicted molar refractivity (Wildman–Crippen MR) is 242 cm³/mol. The molecular formula is C48H45BrClN5O4. The number of allylic oxidation sites excluding steroid dienone is 5. The van der Waals surface area contributed by atoms with Gasteiger partial charge in [0.1, 0.15) is 27.9 Å². The number of fused-ring (bicyclic) bond motifs is 12. The van der Waals surface area contributed by atoms with Crippen molar-refractivity contribution in [3.63, 3.8) is 0 Å². The minimum Gasteiger partial charge on any atom is -0.453 e. The summed E-state index contributed by atoms with van der Waals surface area (Å²) in [5, 5.41) is 2.63. The van der Waals surface area contributed by atoms with Crippen molar-refractivity contribution in [2.45, 2.75) is 59.7 Å². The molecule has 4 aliphatic heterocycles. The van der Waals surface area contributed by atoms with Crippen LogP contribution in [0.2, 0.25) is 5.15 Å². The van der Waals surface area contributed by atoms with Crippen LogP contribution >= 0.6 is 27.5 Å². The van der Waals surface area contributed by atoms with E-state index in [0.29, 0.717) is 40.1 Å². The van der Waals surface area contributed by atoms with E-state index in [1.807, 2.05) is 68.0 Å². The zero-order valence-electron chi connectivity index (χ0n) is 32.4. The van der Waals surface area contributed by atoms with Crippen LogP contribution in [0.5, 0.6) is 0 Å². The summed E-state index contributed by atoms with van der Waals surface area (Å²) >= 11 is 9.25. The SMILES string of the molecule is C.CC1=CC2C(C=C1)OC1C=NC=CC12.CC1=CC2C(C=C1)OC1N=CC=CC12.Cc1ccc2oc3ccc(Cl)nc3c2n1.Cc1ccc2oc3ncc(Br)cc3c2c1. The van der Waals surface area contributed by atoms with Crippen LogP contribution in [0.3, 0.4) is 0 Å². The first kappa shape index (κ1) is 40.5. The Balaban J connectivity index is 0.000000109. The molecule has 5 aromatic heterocycles. The van der Waals surface area contributed by atoms with Gasteiger partial charge in [0.05, 0.1) is 12.2 Å². The molecule has 0 amide bonds. The summed E-state index contributed by atoms with van der Waals surface area (Å²) in [5.41, 5.74) is 9.37. The molecular weight excluding hydrogens is 826 g/mol. The fourth-order valence-corrected chi connectivity index (χ4v) is 8.67. The van der Waals surface area contributed by atoms with Crippen molar-refractivity contribution in [2.75, 3.05) is 0 Å². The number of nitrogens with zero attached hydrogens (tertiary/aromatic N) is 5. The van der Waals surface area contributed by atoms with Crippen LogP contribution in [0.25, 0.3) is 44.3 Å². The first-order chi connectivity index (χ1) is 28.2. The highest BCUT2D eigenvalue weighted by Crippen LogP contribution is 2.40. The van der Waals surface area contributed by atoms with Crippen LogP contribution in [-0.2, 0) is 9.47 Å². The van der Waals surface area contributed by atoms with Crippen LogP contribution in [-0.4, -0.2) is 51.9 Å². The van der Waals surface area contributed by atoms with Gasteiger partial charge in [-0.15, -0.1) is 0 Å². The van der Waals surface area contributed by atoms with E-state index in [1.54, 1.807) is 12.3 Å². The summed E-state index contributed by atoms with van der Waals surface area (Å²) in [7, 11) is 0. The highest BCUT2D eigenvalue weighted by atomic mass is 79.9. The van der Waals surface area contributed by atoms with Crippen molar-refractivity contribution in [3.05, 3.63) is 148 Å². The lowest BCUT2D eigenvalue weighted by Crippen LogP contribution is -2.21. The lowest BCUT2D eigenvalue weighted by Gasteiger charge is -2.19. The topological polar surface area (TPSA) is 108 Å². The van der Waals surface area contributed by atoms with Crippen LogP contribution in [0.1, 0.15) is 32.5 Å². The fraction of sp³-hybridized carbons (Fsp3) is 0.271. The van der Waals surface area contributed by atoms with Gasteiger partial charge in [-0.05, 0) is 92.2 Å². The standard InChI is InChI=1S/C12H8BrNO.2C12H13NO.C11H7ClN2O.CH4/c1-7-2-3-11-9(4-7)10-5-8(13)6-14-12(10)15-11;1-8-2-3-11-10(6-8)9-4-5-13-7-12(9)14-11;1-8-4-5-11-10(7-8)9-3-2-6-13-12(9)14-11;1-6-2-3-7-10(13-6)11-8(15-7)4-5-9(12)14-11;/h2-6H,1H3;2*2-7,9-12H,1H3;2-5H,1H3;1H4. The molecule has 6 aromatic rings. The number of hydrogen-bond donors (Lipinski definition) is 0. The maximum atomic E-state index is 5.89. The Morgan fingerprint density at radius 1 is 0.678 bits per heavy atom. The molecule has 6 aliphatic rings. The van der Waals surface area contributed by atoms with Gasteiger partial charge in [-0.3, -0.25) is 9.98 Å². The normalized spacial score (nSPS) is 26.3. The third kappa shape index (κ3) is 8.45. The Hall–Kier alpha value is -5.26. The molecule has 11 heteroatoms. The third-order valence-electron chi connectivity index (χ3n) is 11.0. The Morgan fingerprint density at radius 2 is 1.39 bits per heavy atom. The van der Waals surface area contributed by atoms with E-state index < -0.39 is 0 Å². The summed E-state index contributed by atoms with van der Waals surface area (Å²) in [5.74, 6) is 1.91. The van der Waals surface area contributed by atoms with Crippen LogP contribution < -0.4 is 0 Å². The van der Waals surface area contributed by atoms with E-state index in [2.05, 4.69) is 116 Å². The van der Waals surface area contributed by atoms with Gasteiger partial charge in [-0.1, -0.05) is 90.4 Å². The second kappa shape index (κ2) is 17.1. The van der Waals surface area contributed by atoms with Gasteiger partial charge >= 0.3 is 0 Å². The summed E-state index contributed by atoms with van der Waals surface area (Å²) in [6, 6.07) is 15.5. The van der Waals surface area contributed by atoms with Gasteiger partial charge in [0.15, 0.2) is 17.4 Å². The molecule has 2 aliphatic carbocycles. The molecule has 9 heterocycles. The first-order valence-electron chi connectivity index (χ1n) is 19.4. The average Bonchev–Trinajstić information content (AvgIpc) is 3.98. The number of halogens is 2. The molecule has 0 saturated carbocycles. The quantitative estimate of drug-likeness (QED) is 0.140. The molecule has 0 N–H and O–H groups in total. The van der Waals surface area contributed by atoms with E-state index in [4.69, 9.17) is 29.9 Å². The number of hydrogen-bond acceptors (Lipinski definition) is 9. The Morgan fingerprint density at radius 3 is 2.19 bits per heavy atom. The molecule has 12 rings (SSSR count). The van der Waals surface area contributed by atoms with Crippen molar-refractivity contribution >= 4 is 84.2 Å². The number of rotatable bonds is 0. The molecule has 0 spiro atoms. The van der Waals surface area contributed by atoms with Gasteiger partial charge in [0.2, 0.25) is 5.71 Å². The summed E-state index contributed by atoms with van der Waals surface area (Å²) in [6.45, 7) is 8.28. The molecule has 59 heavy (non-hydrogen) atoms. The van der Waals surface area contributed by atoms with Crippen LogP contribution in [0, 0.1) is 37.5 Å². The summed E-state index contributed by atoms with van der Waals surface area (Å²) in [6.07, 6.45) is 27.7. The smallest absolute Gasteiger partial charge is 0.227 e. The lowest BCUT2D eigenvalue weighted by molar-refractivity contribution is 0.0654. The number of aliphatic imine (C=N–C) groups is 2. The maximum absolute atomic E-state index is 5.89. The Bertz CT molecular complexity index is 2490. The number of dihydropyridines is 1. The minimum atomic E-state index is 0. The minimum absolute atomic E-state index is 0. The second-order valence-electron chi connectivity index (χ2n) is 15.2. The molecule has 1 aromatic carbocycles. The molecule has 8 atom stereocenters. The van der Waals surface area contributed by atoms with Gasteiger partial charge in [-0.2, -0.15) is 0 Å². The second-order valence-corrected chi connectivity index (χ2v) is 16.5. The molecule has 0 bridgehead atoms. The van der Waals surface area contributed by atoms with Crippen LogP contribution in [0.15, 0.2) is 150 Å². The van der Waals surface area contributed by atoms with E-state index in [-0.39, 0.29) is 32.0 Å². The molecule has 2 saturated heterocycles. The molecule has 8 unspecified atom stereocenters. The van der Waals surface area contributed by atoms with E-state index in [0.717, 1.165) is 43.1 Å². The predicted octanol–water partition coefficient (Wildman–Crippen LogP) is 12.2. The largest absolute Gasteiger partial charge is 0.453 e. The van der Waals surface area contributed by atoms with Crippen molar-refractivity contribution in [1.82, 2.24) is 15.0 Å². The number of aromatic nitrogens is 3. The summed E-state index contributed by atoms with van der Waals surface area (Å²) in [4.78, 5) is 21.3. The van der Waals surface area contributed by atoms with Gasteiger partial charge in [0.25, 0.3) is 0 Å². The average molecular weight is 871 g/mol. The Labute approximate surface area is 356 Å². The zero-order chi connectivity index (χ0) is 39.9. The molecule has 300 valence electrons. The molecule has 9 nitrogen and oxygen atoms in total. The van der Waals surface area contributed by atoms with E-state index in [9.17, 15) is 0 Å². The highest BCUT2D eigenvalue weighted by Gasteiger charge is 2.42. The number of pyridine rings is 3. The Kier molecular flexibility index (Phi) is 11.8. The van der Waals surface area contributed by atoms with Gasteiger partial charge < -0.3 is 18.3 Å².